The molecule has 1 aromatic rings. The highest BCUT2D eigenvalue weighted by atomic mass is 16.5. The minimum Gasteiger partial charge on any atom is -0.396 e. The van der Waals surface area contributed by atoms with Gasteiger partial charge in [-0.15, -0.1) is 0 Å². The van der Waals surface area contributed by atoms with E-state index < -0.39 is 0 Å². The van der Waals surface area contributed by atoms with Gasteiger partial charge < -0.3 is 14.9 Å². The lowest BCUT2D eigenvalue weighted by atomic mass is 10.0. The van der Waals surface area contributed by atoms with Crippen molar-refractivity contribution >= 4 is 5.91 Å². The second-order valence-electron chi connectivity index (χ2n) is 3.88. The van der Waals surface area contributed by atoms with Gasteiger partial charge in [0.15, 0.2) is 5.76 Å². The van der Waals surface area contributed by atoms with Gasteiger partial charge in [0.1, 0.15) is 0 Å². The Labute approximate surface area is 87.5 Å². The van der Waals surface area contributed by atoms with Crippen LogP contribution in [0.2, 0.25) is 0 Å². The molecule has 0 radical (unpaired) electrons. The van der Waals surface area contributed by atoms with Crippen molar-refractivity contribution in [3.63, 3.8) is 0 Å². The van der Waals surface area contributed by atoms with Gasteiger partial charge in [-0.2, -0.15) is 0 Å². The summed E-state index contributed by atoms with van der Waals surface area (Å²) >= 11 is 0. The van der Waals surface area contributed by atoms with Gasteiger partial charge >= 0.3 is 0 Å². The SMILES string of the molecule is Cc1cc(C2CC(CCO)C(=O)N2)on1. The highest BCUT2D eigenvalue weighted by Crippen LogP contribution is 2.29. The lowest BCUT2D eigenvalue weighted by Gasteiger charge is -2.03. The third-order valence-corrected chi connectivity index (χ3v) is 2.67. The second-order valence-corrected chi connectivity index (χ2v) is 3.88. The van der Waals surface area contributed by atoms with Gasteiger partial charge in [0.2, 0.25) is 5.91 Å². The van der Waals surface area contributed by atoms with E-state index in [0.717, 1.165) is 5.69 Å². The van der Waals surface area contributed by atoms with Crippen LogP contribution in [0.3, 0.4) is 0 Å². The number of nitrogens with one attached hydrogen (secondary N) is 1. The molecule has 15 heavy (non-hydrogen) atoms. The number of aliphatic hydroxyl groups excluding tert-OH is 1. The molecule has 2 heterocycles. The summed E-state index contributed by atoms with van der Waals surface area (Å²) in [6.45, 7) is 1.88. The van der Waals surface area contributed by atoms with Crippen LogP contribution in [0.4, 0.5) is 0 Å². The quantitative estimate of drug-likeness (QED) is 0.763. The van der Waals surface area contributed by atoms with E-state index >= 15 is 0 Å². The summed E-state index contributed by atoms with van der Waals surface area (Å²) in [7, 11) is 0. The molecular weight excluding hydrogens is 196 g/mol. The zero-order chi connectivity index (χ0) is 10.8. The monoisotopic (exact) mass is 210 g/mol. The molecule has 2 rings (SSSR count). The summed E-state index contributed by atoms with van der Waals surface area (Å²) < 4.78 is 5.10. The smallest absolute Gasteiger partial charge is 0.223 e. The van der Waals surface area contributed by atoms with Crippen LogP contribution in [0.15, 0.2) is 10.6 Å². The molecule has 1 aliphatic rings. The first-order chi connectivity index (χ1) is 7.20. The third kappa shape index (κ3) is 2.02. The van der Waals surface area contributed by atoms with E-state index in [1.807, 2.05) is 13.0 Å². The summed E-state index contributed by atoms with van der Waals surface area (Å²) in [5, 5.41) is 15.4. The number of aromatic nitrogens is 1. The fourth-order valence-corrected chi connectivity index (χ4v) is 1.88. The summed E-state index contributed by atoms with van der Waals surface area (Å²) in [5.41, 5.74) is 0.810. The number of aliphatic hydroxyl groups is 1. The Morgan fingerprint density at radius 1 is 1.73 bits per heavy atom. The third-order valence-electron chi connectivity index (χ3n) is 2.67. The molecule has 0 aromatic carbocycles. The molecule has 0 aliphatic carbocycles. The summed E-state index contributed by atoms with van der Waals surface area (Å²) in [4.78, 5) is 11.5. The molecular formula is C10H14N2O3. The van der Waals surface area contributed by atoms with Gasteiger partial charge in [-0.1, -0.05) is 5.16 Å². The Morgan fingerprint density at radius 2 is 2.53 bits per heavy atom. The number of nitrogens with zero attached hydrogens (tertiary/aromatic N) is 1. The molecule has 2 N–H and O–H groups in total. The maximum atomic E-state index is 11.5. The first-order valence-corrected chi connectivity index (χ1v) is 5.05. The van der Waals surface area contributed by atoms with Crippen LogP contribution in [0.1, 0.15) is 30.3 Å². The van der Waals surface area contributed by atoms with Crippen molar-refractivity contribution in [2.24, 2.45) is 5.92 Å². The first-order valence-electron chi connectivity index (χ1n) is 5.05. The molecule has 0 saturated carbocycles. The molecule has 2 atom stereocenters. The summed E-state index contributed by atoms with van der Waals surface area (Å²) in [5.74, 6) is 0.579. The second kappa shape index (κ2) is 4.02. The van der Waals surface area contributed by atoms with Crippen LogP contribution in [0.5, 0.6) is 0 Å². The average Bonchev–Trinajstić information content (AvgIpc) is 2.75. The molecule has 1 fully saturated rings. The van der Waals surface area contributed by atoms with Crippen molar-refractivity contribution in [3.8, 4) is 0 Å². The number of aryl methyl sites for hydroxylation is 1. The number of carbonyl (C=O) groups is 1. The minimum atomic E-state index is -0.106. The zero-order valence-electron chi connectivity index (χ0n) is 8.56. The minimum absolute atomic E-state index is 0.0110. The van der Waals surface area contributed by atoms with E-state index in [4.69, 9.17) is 9.63 Å². The Kier molecular flexibility index (Phi) is 2.73. The topological polar surface area (TPSA) is 75.4 Å². The Morgan fingerprint density at radius 3 is 3.13 bits per heavy atom. The van der Waals surface area contributed by atoms with Crippen LogP contribution >= 0.6 is 0 Å². The summed E-state index contributed by atoms with van der Waals surface area (Å²) in [6.07, 6.45) is 1.18. The van der Waals surface area contributed by atoms with Crippen molar-refractivity contribution < 1.29 is 14.4 Å². The van der Waals surface area contributed by atoms with Gasteiger partial charge in [0, 0.05) is 18.6 Å². The van der Waals surface area contributed by atoms with E-state index in [1.54, 1.807) is 0 Å². The number of carbonyl (C=O) groups excluding carboxylic acids is 1. The van der Waals surface area contributed by atoms with Gasteiger partial charge in [0.25, 0.3) is 0 Å². The molecule has 5 heteroatoms. The standard InChI is InChI=1S/C10H14N2O3/c1-6-4-9(15-12-6)8-5-7(2-3-13)10(14)11-8/h4,7-8,13H,2-3,5H2,1H3,(H,11,14). The van der Waals surface area contributed by atoms with Crippen molar-refractivity contribution in [1.29, 1.82) is 0 Å². The van der Waals surface area contributed by atoms with Gasteiger partial charge in [-0.3, -0.25) is 4.79 Å². The van der Waals surface area contributed by atoms with E-state index in [2.05, 4.69) is 10.5 Å². The largest absolute Gasteiger partial charge is 0.396 e. The summed E-state index contributed by atoms with van der Waals surface area (Å²) in [6, 6.07) is 1.74. The Hall–Kier alpha value is -1.36. The van der Waals surface area contributed by atoms with Crippen molar-refractivity contribution in [3.05, 3.63) is 17.5 Å². The fourth-order valence-electron chi connectivity index (χ4n) is 1.88. The lowest BCUT2D eigenvalue weighted by Crippen LogP contribution is -2.21. The van der Waals surface area contributed by atoms with Crippen LogP contribution in [-0.4, -0.2) is 22.8 Å². The molecule has 0 spiro atoms. The van der Waals surface area contributed by atoms with Gasteiger partial charge in [-0.25, -0.2) is 0 Å². The fraction of sp³-hybridized carbons (Fsp3) is 0.600. The lowest BCUT2D eigenvalue weighted by molar-refractivity contribution is -0.123. The van der Waals surface area contributed by atoms with Crippen molar-refractivity contribution in [2.45, 2.75) is 25.8 Å². The van der Waals surface area contributed by atoms with E-state index in [1.165, 1.54) is 0 Å². The predicted octanol–water partition coefficient (Wildman–Crippen LogP) is 0.543. The average molecular weight is 210 g/mol. The molecule has 2 unspecified atom stereocenters. The molecule has 1 aromatic heterocycles. The number of amides is 1. The maximum Gasteiger partial charge on any atom is 0.223 e. The number of rotatable bonds is 3. The van der Waals surface area contributed by atoms with Gasteiger partial charge in [-0.05, 0) is 19.8 Å². The van der Waals surface area contributed by atoms with E-state index in [-0.39, 0.29) is 24.5 Å². The molecule has 82 valence electrons. The Balaban J connectivity index is 2.05. The van der Waals surface area contributed by atoms with E-state index in [9.17, 15) is 4.79 Å². The number of hydrogen-bond donors (Lipinski definition) is 2. The highest BCUT2D eigenvalue weighted by Gasteiger charge is 2.34. The molecule has 5 nitrogen and oxygen atoms in total. The predicted molar refractivity (Wildman–Crippen MR) is 51.9 cm³/mol. The van der Waals surface area contributed by atoms with Crippen LogP contribution in [0, 0.1) is 12.8 Å². The van der Waals surface area contributed by atoms with Crippen LogP contribution in [0.25, 0.3) is 0 Å². The number of hydrogen-bond acceptors (Lipinski definition) is 4. The zero-order valence-corrected chi connectivity index (χ0v) is 8.56. The maximum absolute atomic E-state index is 11.5. The molecule has 1 amide bonds. The van der Waals surface area contributed by atoms with Crippen LogP contribution < -0.4 is 5.32 Å². The molecule has 1 aliphatic heterocycles. The molecule has 1 saturated heterocycles. The normalized spacial score (nSPS) is 25.6. The van der Waals surface area contributed by atoms with Gasteiger partial charge in [0.05, 0.1) is 11.7 Å². The van der Waals surface area contributed by atoms with E-state index in [0.29, 0.717) is 18.6 Å². The first kappa shape index (κ1) is 10.2. The Bertz CT molecular complexity index is 361. The molecule has 0 bridgehead atoms. The van der Waals surface area contributed by atoms with Crippen molar-refractivity contribution in [2.75, 3.05) is 6.61 Å². The highest BCUT2D eigenvalue weighted by molar-refractivity contribution is 5.81. The van der Waals surface area contributed by atoms with Crippen molar-refractivity contribution in [1.82, 2.24) is 10.5 Å². The van der Waals surface area contributed by atoms with Crippen LogP contribution in [-0.2, 0) is 4.79 Å².